The summed E-state index contributed by atoms with van der Waals surface area (Å²) in [6.45, 7) is -0.0338. The van der Waals surface area contributed by atoms with E-state index >= 15 is 0 Å². The molecule has 0 aliphatic carbocycles. The molecule has 162 valence electrons. The molecule has 0 saturated carbocycles. The van der Waals surface area contributed by atoms with Gasteiger partial charge in [0.15, 0.2) is 5.71 Å². The van der Waals surface area contributed by atoms with Crippen LogP contribution in [-0.4, -0.2) is 36.6 Å². The second kappa shape index (κ2) is 9.83. The minimum Gasteiger partial charge on any atom is -0.369 e. The van der Waals surface area contributed by atoms with Gasteiger partial charge in [0, 0.05) is 17.1 Å². The maximum absolute atomic E-state index is 12.1. The Morgan fingerprint density at radius 3 is 2.81 bits per heavy atom. The van der Waals surface area contributed by atoms with Gasteiger partial charge in [0.1, 0.15) is 5.69 Å². The van der Waals surface area contributed by atoms with Crippen LogP contribution < -0.4 is 11.3 Å². The lowest BCUT2D eigenvalue weighted by Gasteiger charge is -2.04. The normalized spacial score (nSPS) is 11.4. The number of hydrogen-bond acceptors (Lipinski definition) is 10. The molecule has 3 N–H and O–H groups in total. The van der Waals surface area contributed by atoms with Crippen molar-refractivity contribution in [1.29, 1.82) is 0 Å². The van der Waals surface area contributed by atoms with E-state index in [4.69, 9.17) is 29.1 Å². The van der Waals surface area contributed by atoms with Gasteiger partial charge in [-0.2, -0.15) is 11.0 Å². The predicted molar refractivity (Wildman–Crippen MR) is 122 cm³/mol. The van der Waals surface area contributed by atoms with Crippen molar-refractivity contribution in [1.82, 2.24) is 25.0 Å². The molecule has 32 heavy (non-hydrogen) atoms. The van der Waals surface area contributed by atoms with Gasteiger partial charge in [-0.05, 0) is 24.3 Å². The highest BCUT2D eigenvalue weighted by Crippen LogP contribution is 2.30. The van der Waals surface area contributed by atoms with Gasteiger partial charge in [0.25, 0.3) is 0 Å². The molecule has 4 aromatic rings. The molecule has 1 aromatic carbocycles. The molecular formula is C19H14Cl2N8O2S. The fourth-order valence-corrected chi connectivity index (χ4v) is 3.56. The van der Waals surface area contributed by atoms with Crippen molar-refractivity contribution in [3.8, 4) is 22.6 Å². The molecule has 13 heteroatoms. The topological polar surface area (TPSA) is 133 Å². The zero-order valence-electron chi connectivity index (χ0n) is 16.1. The number of carbonyl (C=O) groups excluding carboxylic acids is 1. The third kappa shape index (κ3) is 5.08. The summed E-state index contributed by atoms with van der Waals surface area (Å²) in [5, 5.41) is 15.3. The number of benzene rings is 1. The fourth-order valence-electron chi connectivity index (χ4n) is 2.60. The number of pyridine rings is 1. The second-order valence-corrected chi connectivity index (χ2v) is 7.93. The summed E-state index contributed by atoms with van der Waals surface area (Å²) in [6.07, 6.45) is 3.28. The van der Waals surface area contributed by atoms with Gasteiger partial charge >= 0.3 is 5.97 Å². The minimum absolute atomic E-state index is 0.0312. The quantitative estimate of drug-likeness (QED) is 0.297. The lowest BCUT2D eigenvalue weighted by Crippen LogP contribution is -2.26. The van der Waals surface area contributed by atoms with Crippen LogP contribution in [0.5, 0.6) is 0 Å². The Bertz CT molecular complexity index is 1280. The van der Waals surface area contributed by atoms with E-state index in [9.17, 15) is 4.79 Å². The lowest BCUT2D eigenvalue weighted by atomic mass is 10.2. The molecule has 0 atom stereocenters. The number of hydrazone groups is 1. The van der Waals surface area contributed by atoms with Crippen LogP contribution in [0, 0.1) is 0 Å². The zero-order chi connectivity index (χ0) is 22.5. The molecule has 3 heterocycles. The van der Waals surface area contributed by atoms with E-state index in [1.807, 2.05) is 11.4 Å². The first kappa shape index (κ1) is 21.8. The SMILES string of the molecule is NOC(=O)/C(Cn1cc(-c2ccccn2)nn1)=N/Nc1nc(-c2ccc(Cl)c(Cl)c2)cs1. The van der Waals surface area contributed by atoms with E-state index in [0.29, 0.717) is 32.3 Å². The first-order valence-corrected chi connectivity index (χ1v) is 10.6. The van der Waals surface area contributed by atoms with Crippen molar-refractivity contribution >= 4 is 51.4 Å². The van der Waals surface area contributed by atoms with Crippen LogP contribution in [-0.2, 0) is 16.2 Å². The Hall–Kier alpha value is -3.38. The van der Waals surface area contributed by atoms with E-state index < -0.39 is 5.97 Å². The van der Waals surface area contributed by atoms with Crippen LogP contribution >= 0.6 is 34.5 Å². The number of thiazole rings is 1. The average Bonchev–Trinajstić information content (AvgIpc) is 3.48. The highest BCUT2D eigenvalue weighted by Gasteiger charge is 2.16. The van der Waals surface area contributed by atoms with Gasteiger partial charge in [-0.1, -0.05) is 40.5 Å². The highest BCUT2D eigenvalue weighted by atomic mass is 35.5. The standard InChI is InChI=1S/C19H14Cl2N8O2S/c20-12-5-4-11(7-13(12)21)17-10-32-19(24-17)27-25-16(18(30)31-22)9-29-8-15(26-28-29)14-3-1-2-6-23-14/h1-8,10H,9,22H2,(H,24,27)/b25-16+. The number of aromatic nitrogens is 5. The van der Waals surface area contributed by atoms with Gasteiger partial charge in [-0.25, -0.2) is 14.5 Å². The molecular weight excluding hydrogens is 475 g/mol. The molecule has 0 aliphatic heterocycles. The molecule has 10 nitrogen and oxygen atoms in total. The van der Waals surface area contributed by atoms with Crippen molar-refractivity contribution in [2.45, 2.75) is 6.54 Å². The van der Waals surface area contributed by atoms with E-state index in [2.05, 4.69) is 35.6 Å². The van der Waals surface area contributed by atoms with Crippen LogP contribution in [0.1, 0.15) is 0 Å². The lowest BCUT2D eigenvalue weighted by molar-refractivity contribution is -0.136. The highest BCUT2D eigenvalue weighted by molar-refractivity contribution is 7.14. The summed E-state index contributed by atoms with van der Waals surface area (Å²) in [6, 6.07) is 10.6. The van der Waals surface area contributed by atoms with Gasteiger partial charge in [-0.3, -0.25) is 10.4 Å². The van der Waals surface area contributed by atoms with E-state index in [0.717, 1.165) is 5.56 Å². The molecule has 0 unspecified atom stereocenters. The molecule has 4 rings (SSSR count). The van der Waals surface area contributed by atoms with E-state index in [1.165, 1.54) is 16.0 Å². The Balaban J connectivity index is 1.50. The van der Waals surface area contributed by atoms with Crippen molar-refractivity contribution in [2.75, 3.05) is 5.43 Å². The van der Waals surface area contributed by atoms with Gasteiger partial charge in [0.05, 0.1) is 34.2 Å². The van der Waals surface area contributed by atoms with Crippen molar-refractivity contribution in [3.63, 3.8) is 0 Å². The van der Waals surface area contributed by atoms with Crippen LogP contribution in [0.2, 0.25) is 10.0 Å². The fraction of sp³-hybridized carbons (Fsp3) is 0.0526. The Kier molecular flexibility index (Phi) is 6.71. The van der Waals surface area contributed by atoms with Gasteiger partial charge < -0.3 is 4.84 Å². The summed E-state index contributed by atoms with van der Waals surface area (Å²) >= 11 is 13.3. The molecule has 0 radical (unpaired) electrons. The molecule has 0 amide bonds. The van der Waals surface area contributed by atoms with Crippen molar-refractivity contribution in [3.05, 3.63) is 64.2 Å². The number of nitrogens with zero attached hydrogens (tertiary/aromatic N) is 6. The number of nitrogens with one attached hydrogen (secondary N) is 1. The van der Waals surface area contributed by atoms with Gasteiger partial charge in [0.2, 0.25) is 5.13 Å². The summed E-state index contributed by atoms with van der Waals surface area (Å²) < 4.78 is 1.42. The molecule has 0 bridgehead atoms. The smallest absolute Gasteiger partial charge is 0.369 e. The second-order valence-electron chi connectivity index (χ2n) is 6.26. The maximum atomic E-state index is 12.1. The minimum atomic E-state index is -0.825. The molecule has 3 aromatic heterocycles. The molecule has 0 aliphatic rings. The number of halogens is 2. The average molecular weight is 489 g/mol. The third-order valence-corrected chi connectivity index (χ3v) is 5.61. The number of hydrogen-bond donors (Lipinski definition) is 2. The van der Waals surface area contributed by atoms with Crippen molar-refractivity contribution in [2.24, 2.45) is 11.0 Å². The Morgan fingerprint density at radius 2 is 2.06 bits per heavy atom. The Morgan fingerprint density at radius 1 is 1.19 bits per heavy atom. The molecule has 0 saturated heterocycles. The monoisotopic (exact) mass is 488 g/mol. The zero-order valence-corrected chi connectivity index (χ0v) is 18.5. The largest absolute Gasteiger partial charge is 0.374 e. The van der Waals surface area contributed by atoms with Crippen molar-refractivity contribution < 1.29 is 9.63 Å². The first-order chi connectivity index (χ1) is 15.5. The summed E-state index contributed by atoms with van der Waals surface area (Å²) in [7, 11) is 0. The Labute approximate surface area is 195 Å². The van der Waals surface area contributed by atoms with Crippen LogP contribution in [0.3, 0.4) is 0 Å². The van der Waals surface area contributed by atoms with Gasteiger partial charge in [-0.15, -0.1) is 16.4 Å². The molecule has 0 spiro atoms. The number of nitrogens with two attached hydrogens (primary N) is 1. The van der Waals surface area contributed by atoms with E-state index in [-0.39, 0.29) is 12.3 Å². The van der Waals surface area contributed by atoms with Crippen LogP contribution in [0.15, 0.2) is 59.3 Å². The third-order valence-electron chi connectivity index (χ3n) is 4.13. The summed E-state index contributed by atoms with van der Waals surface area (Å²) in [5.74, 6) is 4.22. The predicted octanol–water partition coefficient (Wildman–Crippen LogP) is 3.66. The number of rotatable bonds is 7. The number of anilines is 1. The van der Waals surface area contributed by atoms with E-state index in [1.54, 1.807) is 42.7 Å². The first-order valence-electron chi connectivity index (χ1n) is 8.99. The summed E-state index contributed by atoms with van der Waals surface area (Å²) in [5.41, 5.74) is 5.37. The molecule has 0 fully saturated rings. The van der Waals surface area contributed by atoms with Crippen LogP contribution in [0.4, 0.5) is 5.13 Å². The van der Waals surface area contributed by atoms with Crippen LogP contribution in [0.25, 0.3) is 22.6 Å². The number of carbonyl (C=O) groups is 1. The maximum Gasteiger partial charge on any atom is 0.374 e. The summed E-state index contributed by atoms with van der Waals surface area (Å²) in [4.78, 5) is 25.1.